The molecule has 2 rings (SSSR count). The van der Waals surface area contributed by atoms with E-state index in [0.717, 1.165) is 11.3 Å². The fraction of sp³-hybridized carbons (Fsp3) is 0.500. The van der Waals surface area contributed by atoms with Crippen LogP contribution in [-0.2, 0) is 4.79 Å². The highest BCUT2D eigenvalue weighted by atomic mass is 35.5. The van der Waals surface area contributed by atoms with Gasteiger partial charge in [-0.1, -0.05) is 11.3 Å². The predicted molar refractivity (Wildman–Crippen MR) is 65.0 cm³/mol. The van der Waals surface area contributed by atoms with Gasteiger partial charge in [0.05, 0.1) is 5.69 Å². The van der Waals surface area contributed by atoms with Gasteiger partial charge in [0.1, 0.15) is 4.88 Å². The molecule has 2 heterocycles. The van der Waals surface area contributed by atoms with E-state index in [0.29, 0.717) is 29.7 Å². The summed E-state index contributed by atoms with van der Waals surface area (Å²) in [4.78, 5) is 28.5. The maximum absolute atomic E-state index is 11.7. The highest BCUT2D eigenvalue weighted by Gasteiger charge is 2.32. The molecular formula is C10H11ClN2O3S. The van der Waals surface area contributed by atoms with Gasteiger partial charge >= 0.3 is 5.97 Å². The first-order valence-corrected chi connectivity index (χ1v) is 6.45. The van der Waals surface area contributed by atoms with Crippen LogP contribution in [0.25, 0.3) is 0 Å². The molecule has 1 fully saturated rings. The number of nitrogens with zero attached hydrogens (tertiary/aromatic N) is 2. The summed E-state index contributed by atoms with van der Waals surface area (Å²) < 4.78 is 0. The minimum Gasteiger partial charge on any atom is -0.477 e. The summed E-state index contributed by atoms with van der Waals surface area (Å²) >= 11 is 6.76. The third-order valence-electron chi connectivity index (χ3n) is 2.63. The molecule has 0 saturated carbocycles. The van der Waals surface area contributed by atoms with E-state index in [2.05, 4.69) is 4.98 Å². The van der Waals surface area contributed by atoms with Crippen LogP contribution >= 0.6 is 22.9 Å². The molecule has 1 saturated heterocycles. The Morgan fingerprint density at radius 3 is 2.88 bits per heavy atom. The quantitative estimate of drug-likeness (QED) is 0.853. The Kier molecular flexibility index (Phi) is 3.35. The first-order valence-electron chi connectivity index (χ1n) is 5.10. The van der Waals surface area contributed by atoms with Gasteiger partial charge in [0, 0.05) is 18.8 Å². The van der Waals surface area contributed by atoms with Crippen LogP contribution in [0.1, 0.15) is 21.8 Å². The normalized spacial score (nSPS) is 20.0. The van der Waals surface area contributed by atoms with E-state index in [1.54, 1.807) is 6.92 Å². The van der Waals surface area contributed by atoms with Gasteiger partial charge in [-0.15, -0.1) is 11.6 Å². The number of alkyl halides is 1. The molecule has 0 bridgehead atoms. The van der Waals surface area contributed by atoms with Crippen molar-refractivity contribution < 1.29 is 14.7 Å². The smallest absolute Gasteiger partial charge is 0.347 e. The average molecular weight is 275 g/mol. The second-order valence-electron chi connectivity index (χ2n) is 3.94. The van der Waals surface area contributed by atoms with Crippen molar-refractivity contribution >= 4 is 39.9 Å². The molecule has 0 aromatic carbocycles. The van der Waals surface area contributed by atoms with Crippen LogP contribution in [0.5, 0.6) is 0 Å². The van der Waals surface area contributed by atoms with E-state index < -0.39 is 5.97 Å². The van der Waals surface area contributed by atoms with E-state index in [1.807, 2.05) is 0 Å². The number of hydrogen-bond donors (Lipinski definition) is 1. The summed E-state index contributed by atoms with van der Waals surface area (Å²) in [6.45, 7) is 2.15. The van der Waals surface area contributed by atoms with Crippen molar-refractivity contribution in [3.8, 4) is 0 Å². The number of amides is 1. The minimum atomic E-state index is -1.01. The lowest BCUT2D eigenvalue weighted by atomic mass is 10.2. The Morgan fingerprint density at radius 2 is 2.41 bits per heavy atom. The van der Waals surface area contributed by atoms with Gasteiger partial charge in [0.25, 0.3) is 0 Å². The number of rotatable bonds is 3. The molecule has 1 amide bonds. The number of halogens is 1. The molecule has 1 atom stereocenters. The Hall–Kier alpha value is -1.14. The SMILES string of the molecule is Cc1nc(N2CC(CCl)CC2=O)sc1C(=O)O. The van der Waals surface area contributed by atoms with Gasteiger partial charge < -0.3 is 5.11 Å². The second-order valence-corrected chi connectivity index (χ2v) is 5.23. The number of aryl methyl sites for hydroxylation is 1. The summed E-state index contributed by atoms with van der Waals surface area (Å²) in [5.74, 6) is -0.493. The molecule has 17 heavy (non-hydrogen) atoms. The maximum Gasteiger partial charge on any atom is 0.347 e. The number of carbonyl (C=O) groups excluding carboxylic acids is 1. The zero-order valence-corrected chi connectivity index (χ0v) is 10.7. The summed E-state index contributed by atoms with van der Waals surface area (Å²) in [5.41, 5.74) is 0.444. The van der Waals surface area contributed by atoms with Crippen LogP contribution in [0, 0.1) is 12.8 Å². The van der Waals surface area contributed by atoms with Gasteiger partial charge in [0.2, 0.25) is 5.91 Å². The lowest BCUT2D eigenvalue weighted by Gasteiger charge is -2.11. The van der Waals surface area contributed by atoms with E-state index in [9.17, 15) is 9.59 Å². The molecule has 5 nitrogen and oxygen atoms in total. The summed E-state index contributed by atoms with van der Waals surface area (Å²) in [5, 5.41) is 9.39. The van der Waals surface area contributed by atoms with Crippen molar-refractivity contribution in [3.05, 3.63) is 10.6 Å². The summed E-state index contributed by atoms with van der Waals surface area (Å²) in [6.07, 6.45) is 0.407. The third-order valence-corrected chi connectivity index (χ3v) is 4.24. The highest BCUT2D eigenvalue weighted by Crippen LogP contribution is 2.31. The van der Waals surface area contributed by atoms with E-state index in [4.69, 9.17) is 16.7 Å². The number of thiazole rings is 1. The topological polar surface area (TPSA) is 70.5 Å². The highest BCUT2D eigenvalue weighted by molar-refractivity contribution is 7.17. The second kappa shape index (κ2) is 4.62. The van der Waals surface area contributed by atoms with Crippen LogP contribution in [0.15, 0.2) is 0 Å². The summed E-state index contributed by atoms with van der Waals surface area (Å²) in [6, 6.07) is 0. The Balaban J connectivity index is 2.26. The standard InChI is InChI=1S/C10H11ClN2O3S/c1-5-8(9(15)16)17-10(12-5)13-4-6(3-11)2-7(13)14/h6H,2-4H2,1H3,(H,15,16). The first kappa shape index (κ1) is 12.3. The molecule has 0 spiro atoms. The zero-order chi connectivity index (χ0) is 12.6. The molecule has 1 aliphatic rings. The van der Waals surface area contributed by atoms with Crippen molar-refractivity contribution in [3.63, 3.8) is 0 Å². The number of carboxylic acids is 1. The molecular weight excluding hydrogens is 264 g/mol. The van der Waals surface area contributed by atoms with Crippen molar-refractivity contribution in [2.75, 3.05) is 17.3 Å². The summed E-state index contributed by atoms with van der Waals surface area (Å²) in [7, 11) is 0. The molecule has 1 aromatic rings. The van der Waals surface area contributed by atoms with E-state index in [1.165, 1.54) is 4.90 Å². The van der Waals surface area contributed by atoms with E-state index in [-0.39, 0.29) is 16.7 Å². The largest absolute Gasteiger partial charge is 0.477 e. The van der Waals surface area contributed by atoms with Gasteiger partial charge in [-0.25, -0.2) is 9.78 Å². The number of aromatic nitrogens is 1. The van der Waals surface area contributed by atoms with Crippen molar-refractivity contribution in [2.24, 2.45) is 5.92 Å². The number of carboxylic acid groups (broad SMARTS) is 1. The molecule has 1 aliphatic heterocycles. The number of anilines is 1. The van der Waals surface area contributed by atoms with Gasteiger partial charge in [-0.2, -0.15) is 0 Å². The van der Waals surface area contributed by atoms with Crippen LogP contribution in [0.2, 0.25) is 0 Å². The lowest BCUT2D eigenvalue weighted by Crippen LogP contribution is -2.24. The fourth-order valence-corrected chi connectivity index (χ4v) is 2.90. The van der Waals surface area contributed by atoms with Crippen molar-refractivity contribution in [1.82, 2.24) is 4.98 Å². The fourth-order valence-electron chi connectivity index (χ4n) is 1.77. The number of carbonyl (C=O) groups is 2. The van der Waals surface area contributed by atoms with Gasteiger partial charge in [-0.3, -0.25) is 9.69 Å². The van der Waals surface area contributed by atoms with E-state index >= 15 is 0 Å². The Morgan fingerprint density at radius 1 is 1.71 bits per heavy atom. The maximum atomic E-state index is 11.7. The Bertz CT molecular complexity index is 474. The van der Waals surface area contributed by atoms with Gasteiger partial charge in [-0.05, 0) is 12.8 Å². The first-order chi connectivity index (χ1) is 8.02. The molecule has 1 unspecified atom stereocenters. The van der Waals surface area contributed by atoms with Crippen LogP contribution < -0.4 is 4.90 Å². The molecule has 0 radical (unpaired) electrons. The molecule has 7 heteroatoms. The monoisotopic (exact) mass is 274 g/mol. The van der Waals surface area contributed by atoms with Gasteiger partial charge in [0.15, 0.2) is 5.13 Å². The van der Waals surface area contributed by atoms with Crippen LogP contribution in [-0.4, -0.2) is 34.4 Å². The molecule has 1 N–H and O–H groups in total. The number of hydrogen-bond acceptors (Lipinski definition) is 4. The molecule has 1 aromatic heterocycles. The Labute approximate surface area is 107 Å². The predicted octanol–water partition coefficient (Wildman–Crippen LogP) is 1.74. The third kappa shape index (κ3) is 2.28. The van der Waals surface area contributed by atoms with Crippen LogP contribution in [0.3, 0.4) is 0 Å². The lowest BCUT2D eigenvalue weighted by molar-refractivity contribution is -0.117. The zero-order valence-electron chi connectivity index (χ0n) is 9.14. The van der Waals surface area contributed by atoms with Crippen molar-refractivity contribution in [1.29, 1.82) is 0 Å². The van der Waals surface area contributed by atoms with Crippen LogP contribution in [0.4, 0.5) is 5.13 Å². The molecule has 92 valence electrons. The minimum absolute atomic E-state index is 0.0404. The average Bonchev–Trinajstić information content (AvgIpc) is 2.81. The van der Waals surface area contributed by atoms with Crippen molar-refractivity contribution in [2.45, 2.75) is 13.3 Å². The molecule has 0 aliphatic carbocycles. The number of aromatic carboxylic acids is 1.